The molecule has 0 unspecified atom stereocenters. The molecule has 152 valence electrons. The van der Waals surface area contributed by atoms with Gasteiger partial charge in [-0.1, -0.05) is 36.9 Å². The summed E-state index contributed by atoms with van der Waals surface area (Å²) in [5.41, 5.74) is 1.72. The highest BCUT2D eigenvalue weighted by Gasteiger charge is 2.19. The molecule has 3 rings (SSSR count). The summed E-state index contributed by atoms with van der Waals surface area (Å²) >= 11 is 1.26. The van der Waals surface area contributed by atoms with Crippen LogP contribution in [0.15, 0.2) is 52.2 Å². The van der Waals surface area contributed by atoms with E-state index in [1.54, 1.807) is 6.26 Å². The monoisotopic (exact) mass is 413 g/mol. The zero-order valence-electron chi connectivity index (χ0n) is 16.3. The molecule has 2 heterocycles. The van der Waals surface area contributed by atoms with Crippen molar-refractivity contribution in [2.24, 2.45) is 0 Å². The van der Waals surface area contributed by atoms with E-state index in [4.69, 9.17) is 4.42 Å². The molecule has 0 aliphatic heterocycles. The number of rotatable bonds is 9. The first-order valence-electron chi connectivity index (χ1n) is 9.31. The minimum Gasteiger partial charge on any atom is -0.469 e. The molecule has 0 atom stereocenters. The second-order valence-corrected chi connectivity index (χ2v) is 7.23. The number of furan rings is 1. The molecule has 8 nitrogen and oxygen atoms in total. The molecule has 0 saturated heterocycles. The fourth-order valence-corrected chi connectivity index (χ4v) is 3.43. The van der Waals surface area contributed by atoms with Gasteiger partial charge < -0.3 is 15.1 Å². The van der Waals surface area contributed by atoms with E-state index in [2.05, 4.69) is 20.8 Å². The smallest absolute Gasteiger partial charge is 0.239 e. The van der Waals surface area contributed by atoms with Gasteiger partial charge in [-0.3, -0.25) is 14.2 Å². The van der Waals surface area contributed by atoms with Gasteiger partial charge in [0.05, 0.1) is 24.1 Å². The van der Waals surface area contributed by atoms with Crippen LogP contribution in [0, 0.1) is 6.92 Å². The molecule has 9 heteroatoms. The lowest BCUT2D eigenvalue weighted by Crippen LogP contribution is -2.37. The van der Waals surface area contributed by atoms with Crippen LogP contribution in [0.2, 0.25) is 0 Å². The minimum absolute atomic E-state index is 0.0375. The molecule has 1 aromatic carbocycles. The molecule has 2 amide bonds. The van der Waals surface area contributed by atoms with E-state index in [1.807, 2.05) is 54.8 Å². The third-order valence-electron chi connectivity index (χ3n) is 4.10. The number of carbonyl (C=O) groups is 2. The van der Waals surface area contributed by atoms with Gasteiger partial charge >= 0.3 is 0 Å². The van der Waals surface area contributed by atoms with Crippen molar-refractivity contribution in [1.29, 1.82) is 0 Å². The van der Waals surface area contributed by atoms with Crippen LogP contribution < -0.4 is 10.6 Å². The Morgan fingerprint density at radius 2 is 1.90 bits per heavy atom. The number of aryl methyl sites for hydroxylation is 1. The Hall–Kier alpha value is -3.07. The average Bonchev–Trinajstić information content (AvgIpc) is 3.35. The van der Waals surface area contributed by atoms with Crippen LogP contribution in [0.5, 0.6) is 0 Å². The van der Waals surface area contributed by atoms with Crippen molar-refractivity contribution in [2.45, 2.75) is 25.4 Å². The highest BCUT2D eigenvalue weighted by Crippen LogP contribution is 2.30. The van der Waals surface area contributed by atoms with Crippen LogP contribution in [0.3, 0.4) is 0 Å². The zero-order valence-corrected chi connectivity index (χ0v) is 17.2. The van der Waals surface area contributed by atoms with Crippen LogP contribution in [-0.2, 0) is 9.59 Å². The molecule has 0 spiro atoms. The largest absolute Gasteiger partial charge is 0.469 e. The molecule has 2 aromatic heterocycles. The Morgan fingerprint density at radius 3 is 2.59 bits per heavy atom. The van der Waals surface area contributed by atoms with Gasteiger partial charge in [0.1, 0.15) is 5.76 Å². The Labute approximate surface area is 173 Å². The van der Waals surface area contributed by atoms with Gasteiger partial charge in [-0.05, 0) is 31.5 Å². The highest BCUT2D eigenvalue weighted by atomic mass is 32.2. The van der Waals surface area contributed by atoms with Crippen molar-refractivity contribution < 1.29 is 14.0 Å². The lowest BCUT2D eigenvalue weighted by molar-refractivity contribution is -0.124. The molecule has 2 N–H and O–H groups in total. The molecule has 0 fully saturated rings. The van der Waals surface area contributed by atoms with E-state index < -0.39 is 0 Å². The zero-order chi connectivity index (χ0) is 20.6. The minimum atomic E-state index is -0.245. The maximum absolute atomic E-state index is 12.1. The Morgan fingerprint density at radius 1 is 1.10 bits per heavy atom. The van der Waals surface area contributed by atoms with Crippen molar-refractivity contribution in [1.82, 2.24) is 25.4 Å². The number of nitrogens with one attached hydrogen (secondary N) is 2. The molecule has 0 aliphatic carbocycles. The van der Waals surface area contributed by atoms with Crippen molar-refractivity contribution in [3.63, 3.8) is 0 Å². The Bertz CT molecular complexity index is 968. The Kier molecular flexibility index (Phi) is 7.07. The summed E-state index contributed by atoms with van der Waals surface area (Å²) in [6.45, 7) is 4.39. The highest BCUT2D eigenvalue weighted by molar-refractivity contribution is 7.99. The molecule has 0 saturated carbocycles. The number of hydrogen-bond acceptors (Lipinski definition) is 6. The van der Waals surface area contributed by atoms with E-state index in [1.165, 1.54) is 11.8 Å². The van der Waals surface area contributed by atoms with Gasteiger partial charge in [0.25, 0.3) is 0 Å². The van der Waals surface area contributed by atoms with E-state index in [9.17, 15) is 9.59 Å². The van der Waals surface area contributed by atoms with Gasteiger partial charge in [-0.25, -0.2) is 0 Å². The van der Waals surface area contributed by atoms with E-state index in [0.29, 0.717) is 17.5 Å². The predicted molar refractivity (Wildman–Crippen MR) is 111 cm³/mol. The van der Waals surface area contributed by atoms with Gasteiger partial charge in [-0.2, -0.15) is 0 Å². The number of nitrogens with zero attached hydrogens (tertiary/aromatic N) is 3. The number of amides is 2. The summed E-state index contributed by atoms with van der Waals surface area (Å²) in [4.78, 5) is 23.8. The van der Waals surface area contributed by atoms with Crippen LogP contribution >= 0.6 is 11.8 Å². The normalized spacial score (nSPS) is 10.7. The predicted octanol–water partition coefficient (Wildman–Crippen LogP) is 2.57. The number of hydrogen-bond donors (Lipinski definition) is 2. The summed E-state index contributed by atoms with van der Waals surface area (Å²) in [7, 11) is 0. The van der Waals surface area contributed by atoms with E-state index in [-0.39, 0.29) is 24.1 Å². The first kappa shape index (κ1) is 20.7. The standard InChI is InChI=1S/C20H23N5O3S/c1-3-10-21-17(26)12-22-18(27)13-29-20-24-23-19(16-9-11-28-14(16)2)25(20)15-7-5-4-6-8-15/h4-9,11H,3,10,12-13H2,1-2H3,(H,21,26)(H,22,27). The summed E-state index contributed by atoms with van der Waals surface area (Å²) in [5, 5.41) is 14.5. The topological polar surface area (TPSA) is 102 Å². The lowest BCUT2D eigenvalue weighted by Gasteiger charge is -2.10. The molecule has 3 aromatic rings. The van der Waals surface area contributed by atoms with Gasteiger partial charge in [0.15, 0.2) is 11.0 Å². The maximum Gasteiger partial charge on any atom is 0.239 e. The van der Waals surface area contributed by atoms with Crippen molar-refractivity contribution in [3.8, 4) is 17.1 Å². The van der Waals surface area contributed by atoms with Gasteiger partial charge in [0, 0.05) is 12.2 Å². The second kappa shape index (κ2) is 9.92. The van der Waals surface area contributed by atoms with E-state index >= 15 is 0 Å². The first-order valence-corrected chi connectivity index (χ1v) is 10.3. The summed E-state index contributed by atoms with van der Waals surface area (Å²) in [6.07, 6.45) is 2.46. The molecule has 0 aliphatic rings. The lowest BCUT2D eigenvalue weighted by atomic mass is 10.2. The van der Waals surface area contributed by atoms with Crippen LogP contribution in [-0.4, -0.2) is 45.4 Å². The third kappa shape index (κ3) is 5.26. The van der Waals surface area contributed by atoms with Crippen LogP contribution in [0.4, 0.5) is 0 Å². The molecular weight excluding hydrogens is 390 g/mol. The number of thioether (sulfide) groups is 1. The van der Waals surface area contributed by atoms with Gasteiger partial charge in [0.2, 0.25) is 11.8 Å². The number of aromatic nitrogens is 3. The van der Waals surface area contributed by atoms with Crippen molar-refractivity contribution in [2.75, 3.05) is 18.8 Å². The molecule has 0 bridgehead atoms. The second-order valence-electron chi connectivity index (χ2n) is 6.28. The molecule has 0 radical (unpaired) electrons. The number of para-hydroxylation sites is 1. The summed E-state index contributed by atoms with van der Waals surface area (Å²) in [5.74, 6) is 1.06. The summed E-state index contributed by atoms with van der Waals surface area (Å²) < 4.78 is 7.30. The SMILES string of the molecule is CCCNC(=O)CNC(=O)CSc1nnc(-c2ccoc2C)n1-c1ccccc1. The van der Waals surface area contributed by atoms with E-state index in [0.717, 1.165) is 23.4 Å². The third-order valence-corrected chi connectivity index (χ3v) is 5.03. The quantitative estimate of drug-likeness (QED) is 0.523. The maximum atomic E-state index is 12.1. The van der Waals surface area contributed by atoms with Gasteiger partial charge in [-0.15, -0.1) is 10.2 Å². The fourth-order valence-electron chi connectivity index (χ4n) is 2.65. The van der Waals surface area contributed by atoms with Crippen LogP contribution in [0.25, 0.3) is 17.1 Å². The molecule has 29 heavy (non-hydrogen) atoms. The van der Waals surface area contributed by atoms with Crippen LogP contribution in [0.1, 0.15) is 19.1 Å². The fraction of sp³-hybridized carbons (Fsp3) is 0.300. The summed E-state index contributed by atoms with van der Waals surface area (Å²) in [6, 6.07) is 11.5. The molecular formula is C20H23N5O3S. The number of benzene rings is 1. The number of carbonyl (C=O) groups excluding carboxylic acids is 2. The average molecular weight is 414 g/mol. The first-order chi connectivity index (χ1) is 14.1. The Balaban J connectivity index is 1.73. The van der Waals surface area contributed by atoms with Crippen molar-refractivity contribution >= 4 is 23.6 Å². The van der Waals surface area contributed by atoms with Crippen molar-refractivity contribution in [3.05, 3.63) is 48.4 Å².